The molecular formula is C31H24N4O. The molecule has 5 nitrogen and oxygen atoms in total. The molecule has 0 aliphatic heterocycles. The molecule has 0 saturated carbocycles. The average Bonchev–Trinajstić information content (AvgIpc) is 3.37. The summed E-state index contributed by atoms with van der Waals surface area (Å²) in [7, 11) is 0. The van der Waals surface area contributed by atoms with Crippen LogP contribution in [0.25, 0.3) is 27.5 Å². The summed E-state index contributed by atoms with van der Waals surface area (Å²) in [6.07, 6.45) is 2.01. The third-order valence-corrected chi connectivity index (χ3v) is 6.43. The largest absolute Gasteiger partial charge is 0.308 e. The van der Waals surface area contributed by atoms with E-state index in [0.29, 0.717) is 11.3 Å². The monoisotopic (exact) mass is 468 g/mol. The lowest BCUT2D eigenvalue weighted by Gasteiger charge is -2.18. The fraction of sp³-hybridized carbons (Fsp3) is 0.0645. The molecule has 0 bridgehead atoms. The van der Waals surface area contributed by atoms with Crippen molar-refractivity contribution in [3.05, 3.63) is 132 Å². The molecule has 2 aromatic heterocycles. The van der Waals surface area contributed by atoms with Gasteiger partial charge in [0.25, 0.3) is 0 Å². The molecule has 0 atom stereocenters. The SMILES string of the molecule is Cc1ccc(-n2cc3c(n2)c(NC(=O)C(c2ccccc2)c2ccccc2)nc2ccccc23)cc1. The molecule has 6 rings (SSSR count). The van der Waals surface area contributed by atoms with Crippen LogP contribution in [0.4, 0.5) is 5.82 Å². The lowest BCUT2D eigenvalue weighted by molar-refractivity contribution is -0.116. The molecule has 0 saturated heterocycles. The zero-order valence-corrected chi connectivity index (χ0v) is 19.8. The van der Waals surface area contributed by atoms with E-state index in [4.69, 9.17) is 10.1 Å². The highest BCUT2D eigenvalue weighted by atomic mass is 16.2. The van der Waals surface area contributed by atoms with E-state index in [9.17, 15) is 4.79 Å². The second-order valence-corrected chi connectivity index (χ2v) is 8.89. The highest BCUT2D eigenvalue weighted by Crippen LogP contribution is 2.31. The first-order chi connectivity index (χ1) is 17.7. The van der Waals surface area contributed by atoms with Gasteiger partial charge in [-0.1, -0.05) is 96.6 Å². The highest BCUT2D eigenvalue weighted by Gasteiger charge is 2.24. The Morgan fingerprint density at radius 1 is 0.750 bits per heavy atom. The van der Waals surface area contributed by atoms with E-state index < -0.39 is 5.92 Å². The van der Waals surface area contributed by atoms with Gasteiger partial charge in [0.2, 0.25) is 5.91 Å². The fourth-order valence-corrected chi connectivity index (χ4v) is 4.61. The standard InChI is InChI=1S/C31H24N4O/c1-21-16-18-24(19-17-21)35-20-26-25-14-8-9-15-27(25)32-30(29(26)34-35)33-31(36)28(22-10-4-2-5-11-22)23-12-6-3-7-13-23/h2-20,28H,1H3,(H,32,33,36). The van der Waals surface area contributed by atoms with E-state index in [2.05, 4.69) is 24.4 Å². The predicted octanol–water partition coefficient (Wildman–Crippen LogP) is 6.65. The molecule has 0 fully saturated rings. The molecule has 4 aromatic carbocycles. The van der Waals surface area contributed by atoms with Crippen LogP contribution in [0.5, 0.6) is 0 Å². The third kappa shape index (κ3) is 4.01. The quantitative estimate of drug-likeness (QED) is 0.308. The highest BCUT2D eigenvalue weighted by molar-refractivity contribution is 6.11. The Hall–Kier alpha value is -4.77. The van der Waals surface area contributed by atoms with Crippen LogP contribution in [0.3, 0.4) is 0 Å². The molecule has 1 N–H and O–H groups in total. The topological polar surface area (TPSA) is 59.8 Å². The molecule has 1 amide bonds. The minimum absolute atomic E-state index is 0.152. The van der Waals surface area contributed by atoms with Gasteiger partial charge in [0.05, 0.1) is 17.1 Å². The van der Waals surface area contributed by atoms with Gasteiger partial charge in [-0.05, 0) is 36.2 Å². The number of pyridine rings is 1. The van der Waals surface area contributed by atoms with E-state index in [-0.39, 0.29) is 5.91 Å². The average molecular weight is 469 g/mol. The number of fused-ring (bicyclic) bond motifs is 3. The number of anilines is 1. The Morgan fingerprint density at radius 3 is 2.03 bits per heavy atom. The maximum Gasteiger partial charge on any atom is 0.237 e. The van der Waals surface area contributed by atoms with Gasteiger partial charge in [0.15, 0.2) is 5.82 Å². The summed E-state index contributed by atoms with van der Waals surface area (Å²) in [6, 6.07) is 35.8. The van der Waals surface area contributed by atoms with Crippen molar-refractivity contribution in [3.63, 3.8) is 0 Å². The van der Waals surface area contributed by atoms with Gasteiger partial charge < -0.3 is 5.32 Å². The minimum atomic E-state index is -0.477. The number of hydrogen-bond donors (Lipinski definition) is 1. The number of benzene rings is 4. The molecule has 2 heterocycles. The van der Waals surface area contributed by atoms with Gasteiger partial charge >= 0.3 is 0 Å². The predicted molar refractivity (Wildman–Crippen MR) is 144 cm³/mol. The smallest absolute Gasteiger partial charge is 0.237 e. The van der Waals surface area contributed by atoms with Crippen molar-refractivity contribution >= 4 is 33.5 Å². The van der Waals surface area contributed by atoms with Crippen LogP contribution in [0, 0.1) is 6.92 Å². The van der Waals surface area contributed by atoms with Gasteiger partial charge in [0.1, 0.15) is 5.52 Å². The number of carbonyl (C=O) groups excluding carboxylic acids is 1. The van der Waals surface area contributed by atoms with E-state index in [1.165, 1.54) is 5.56 Å². The molecule has 0 radical (unpaired) electrons. The second kappa shape index (κ2) is 9.12. The van der Waals surface area contributed by atoms with Gasteiger partial charge in [-0.15, -0.1) is 0 Å². The summed E-state index contributed by atoms with van der Waals surface area (Å²) in [5.74, 6) is -0.173. The lowest BCUT2D eigenvalue weighted by Crippen LogP contribution is -2.23. The zero-order chi connectivity index (χ0) is 24.5. The Kier molecular flexibility index (Phi) is 5.51. The molecule has 36 heavy (non-hydrogen) atoms. The van der Waals surface area contributed by atoms with Crippen LogP contribution in [-0.2, 0) is 4.79 Å². The third-order valence-electron chi connectivity index (χ3n) is 6.43. The molecule has 0 aliphatic carbocycles. The minimum Gasteiger partial charge on any atom is -0.308 e. The van der Waals surface area contributed by atoms with Crippen molar-refractivity contribution in [3.8, 4) is 5.69 Å². The van der Waals surface area contributed by atoms with Gasteiger partial charge in [-0.3, -0.25) is 4.79 Å². The van der Waals surface area contributed by atoms with Crippen molar-refractivity contribution in [2.75, 3.05) is 5.32 Å². The number of rotatable bonds is 5. The van der Waals surface area contributed by atoms with Crippen LogP contribution < -0.4 is 5.32 Å². The van der Waals surface area contributed by atoms with Crippen molar-refractivity contribution in [1.82, 2.24) is 14.8 Å². The number of nitrogens with zero attached hydrogens (tertiary/aromatic N) is 3. The summed E-state index contributed by atoms with van der Waals surface area (Å²) in [5, 5.41) is 9.91. The van der Waals surface area contributed by atoms with Crippen molar-refractivity contribution in [2.24, 2.45) is 0 Å². The summed E-state index contributed by atoms with van der Waals surface area (Å²) in [5.41, 5.74) is 5.43. The second-order valence-electron chi connectivity index (χ2n) is 8.89. The van der Waals surface area contributed by atoms with Crippen molar-refractivity contribution in [2.45, 2.75) is 12.8 Å². The van der Waals surface area contributed by atoms with Gasteiger partial charge in [-0.25, -0.2) is 9.67 Å². The first-order valence-corrected chi connectivity index (χ1v) is 11.9. The van der Waals surface area contributed by atoms with Crippen molar-refractivity contribution < 1.29 is 4.79 Å². The Bertz CT molecular complexity index is 1630. The number of hydrogen-bond acceptors (Lipinski definition) is 3. The number of nitrogens with one attached hydrogen (secondary N) is 1. The van der Waals surface area contributed by atoms with Crippen LogP contribution in [-0.4, -0.2) is 20.7 Å². The molecule has 0 unspecified atom stereocenters. The van der Waals surface area contributed by atoms with Gasteiger partial charge in [0, 0.05) is 17.0 Å². The molecule has 0 spiro atoms. The van der Waals surface area contributed by atoms with Crippen LogP contribution in [0.1, 0.15) is 22.6 Å². The van der Waals surface area contributed by atoms with Gasteiger partial charge in [-0.2, -0.15) is 5.10 Å². The molecule has 174 valence electrons. The molecule has 5 heteroatoms. The lowest BCUT2D eigenvalue weighted by atomic mass is 9.90. The Morgan fingerprint density at radius 2 is 1.36 bits per heavy atom. The van der Waals surface area contributed by atoms with Crippen LogP contribution in [0.15, 0.2) is 115 Å². The Labute approximate surface area is 209 Å². The van der Waals surface area contributed by atoms with E-state index in [0.717, 1.165) is 33.1 Å². The number of para-hydroxylation sites is 1. The van der Waals surface area contributed by atoms with E-state index in [1.54, 1.807) is 0 Å². The number of amides is 1. The summed E-state index contributed by atoms with van der Waals surface area (Å²) < 4.78 is 1.85. The summed E-state index contributed by atoms with van der Waals surface area (Å²) in [4.78, 5) is 18.6. The molecule has 6 aromatic rings. The normalized spacial score (nSPS) is 11.3. The molecule has 0 aliphatic rings. The first kappa shape index (κ1) is 21.7. The first-order valence-electron chi connectivity index (χ1n) is 11.9. The van der Waals surface area contributed by atoms with E-state index in [1.807, 2.05) is 108 Å². The maximum absolute atomic E-state index is 13.8. The van der Waals surface area contributed by atoms with E-state index >= 15 is 0 Å². The number of aryl methyl sites for hydroxylation is 1. The zero-order valence-electron chi connectivity index (χ0n) is 19.8. The fourth-order valence-electron chi connectivity index (χ4n) is 4.61. The summed E-state index contributed by atoms with van der Waals surface area (Å²) >= 11 is 0. The maximum atomic E-state index is 13.8. The number of carbonyl (C=O) groups is 1. The van der Waals surface area contributed by atoms with Crippen LogP contribution in [0.2, 0.25) is 0 Å². The van der Waals surface area contributed by atoms with Crippen LogP contribution >= 0.6 is 0 Å². The number of aromatic nitrogens is 3. The van der Waals surface area contributed by atoms with Crippen molar-refractivity contribution in [1.29, 1.82) is 0 Å². The Balaban J connectivity index is 1.48. The summed E-state index contributed by atoms with van der Waals surface area (Å²) in [6.45, 7) is 2.06. The molecular weight excluding hydrogens is 444 g/mol.